The maximum atomic E-state index is 11.5. The summed E-state index contributed by atoms with van der Waals surface area (Å²) in [6.07, 6.45) is 6.65. The fraction of sp³-hybridized carbons (Fsp3) is 0.100. The van der Waals surface area contributed by atoms with Crippen LogP contribution in [0.25, 0.3) is 0 Å². The summed E-state index contributed by atoms with van der Waals surface area (Å²) in [4.78, 5) is 23.1. The van der Waals surface area contributed by atoms with E-state index in [1.165, 1.54) is 11.8 Å². The van der Waals surface area contributed by atoms with Crippen molar-refractivity contribution in [1.82, 2.24) is 15.0 Å². The van der Waals surface area contributed by atoms with E-state index in [2.05, 4.69) is 20.3 Å². The summed E-state index contributed by atoms with van der Waals surface area (Å²) in [5.74, 6) is 0.738. The van der Waals surface area contributed by atoms with Crippen molar-refractivity contribution in [3.63, 3.8) is 0 Å². The third kappa shape index (κ3) is 3.09. The zero-order valence-electron chi connectivity index (χ0n) is 8.38. The summed E-state index contributed by atoms with van der Waals surface area (Å²) in [5, 5.41) is 2.65. The van der Waals surface area contributed by atoms with Gasteiger partial charge in [-0.05, 0) is 12.1 Å². The molecule has 0 saturated heterocycles. The number of aromatic amines is 1. The molecule has 0 unspecified atom stereocenters. The van der Waals surface area contributed by atoms with Gasteiger partial charge in [-0.15, -0.1) is 11.8 Å². The number of pyridine rings is 1. The zero-order valence-corrected chi connectivity index (χ0v) is 9.20. The van der Waals surface area contributed by atoms with Crippen molar-refractivity contribution >= 4 is 23.6 Å². The number of carbonyl (C=O) groups is 1. The van der Waals surface area contributed by atoms with Crippen LogP contribution in [0.1, 0.15) is 0 Å². The number of imidazole rings is 1. The van der Waals surface area contributed by atoms with E-state index in [-0.39, 0.29) is 5.91 Å². The molecule has 6 heteroatoms. The largest absolute Gasteiger partial charge is 0.331 e. The Morgan fingerprint density at radius 1 is 1.38 bits per heavy atom. The molecule has 82 valence electrons. The van der Waals surface area contributed by atoms with Crippen LogP contribution in [0.15, 0.2) is 41.8 Å². The van der Waals surface area contributed by atoms with Gasteiger partial charge >= 0.3 is 0 Å². The highest BCUT2D eigenvalue weighted by Crippen LogP contribution is 2.15. The lowest BCUT2D eigenvalue weighted by molar-refractivity contribution is -0.113. The first-order valence-electron chi connectivity index (χ1n) is 4.66. The number of aromatic nitrogens is 3. The third-order valence-electron chi connectivity index (χ3n) is 1.78. The number of nitrogens with zero attached hydrogens (tertiary/aromatic N) is 2. The molecule has 0 spiro atoms. The number of rotatable bonds is 4. The molecule has 0 saturated carbocycles. The standard InChI is InChI=1S/C10H10N4OS/c15-9(14-10-12-5-6-13-10)7-16-8-1-3-11-4-2-8/h1-6H,7H2,(H2,12,13,14,15). The molecule has 0 bridgehead atoms. The normalized spacial score (nSPS) is 10.0. The van der Waals surface area contributed by atoms with Gasteiger partial charge in [-0.1, -0.05) is 0 Å². The van der Waals surface area contributed by atoms with Crippen LogP contribution in [0.2, 0.25) is 0 Å². The number of H-pyrrole nitrogens is 1. The first kappa shape index (κ1) is 10.7. The van der Waals surface area contributed by atoms with Gasteiger partial charge in [-0.25, -0.2) is 4.98 Å². The Hall–Kier alpha value is -1.82. The average molecular weight is 234 g/mol. The molecule has 0 fully saturated rings. The number of carbonyl (C=O) groups excluding carboxylic acids is 1. The molecule has 2 N–H and O–H groups in total. The van der Waals surface area contributed by atoms with E-state index >= 15 is 0 Å². The van der Waals surface area contributed by atoms with Crippen LogP contribution in [0.3, 0.4) is 0 Å². The molecular weight excluding hydrogens is 224 g/mol. The predicted octanol–water partition coefficient (Wildman–Crippen LogP) is 1.54. The van der Waals surface area contributed by atoms with Crippen LogP contribution in [-0.2, 0) is 4.79 Å². The van der Waals surface area contributed by atoms with Gasteiger partial charge in [0, 0.05) is 29.7 Å². The molecule has 0 aliphatic carbocycles. The summed E-state index contributed by atoms with van der Waals surface area (Å²) < 4.78 is 0. The molecule has 0 aromatic carbocycles. The van der Waals surface area contributed by atoms with Crippen LogP contribution < -0.4 is 5.32 Å². The minimum atomic E-state index is -0.0863. The van der Waals surface area contributed by atoms with Gasteiger partial charge in [0.1, 0.15) is 0 Å². The SMILES string of the molecule is O=C(CSc1ccncc1)Nc1ncc[nH]1. The smallest absolute Gasteiger partial charge is 0.237 e. The Balaban J connectivity index is 1.80. The molecule has 5 nitrogen and oxygen atoms in total. The maximum absolute atomic E-state index is 11.5. The Morgan fingerprint density at radius 3 is 2.88 bits per heavy atom. The number of nitrogens with one attached hydrogen (secondary N) is 2. The van der Waals surface area contributed by atoms with Crippen molar-refractivity contribution in [1.29, 1.82) is 0 Å². The van der Waals surface area contributed by atoms with Crippen LogP contribution in [0.5, 0.6) is 0 Å². The Morgan fingerprint density at radius 2 is 2.19 bits per heavy atom. The third-order valence-corrected chi connectivity index (χ3v) is 2.79. The summed E-state index contributed by atoms with van der Waals surface area (Å²) in [6.45, 7) is 0. The van der Waals surface area contributed by atoms with E-state index in [0.717, 1.165) is 4.90 Å². The van der Waals surface area contributed by atoms with Crippen molar-refractivity contribution in [3.05, 3.63) is 36.9 Å². The van der Waals surface area contributed by atoms with Crippen molar-refractivity contribution in [2.75, 3.05) is 11.1 Å². The van der Waals surface area contributed by atoms with E-state index in [0.29, 0.717) is 11.7 Å². The van der Waals surface area contributed by atoms with E-state index in [1.54, 1.807) is 24.8 Å². The van der Waals surface area contributed by atoms with Gasteiger partial charge in [0.2, 0.25) is 11.9 Å². The van der Waals surface area contributed by atoms with Gasteiger partial charge in [-0.3, -0.25) is 15.1 Å². The van der Waals surface area contributed by atoms with E-state index in [4.69, 9.17) is 0 Å². The summed E-state index contributed by atoms with van der Waals surface area (Å²) >= 11 is 1.46. The highest BCUT2D eigenvalue weighted by molar-refractivity contribution is 8.00. The Kier molecular flexibility index (Phi) is 3.55. The van der Waals surface area contributed by atoms with Gasteiger partial charge < -0.3 is 4.98 Å². The molecule has 1 amide bonds. The quantitative estimate of drug-likeness (QED) is 0.787. The molecular formula is C10H10N4OS. The fourth-order valence-electron chi connectivity index (χ4n) is 1.09. The highest BCUT2D eigenvalue weighted by Gasteiger charge is 2.04. The van der Waals surface area contributed by atoms with Gasteiger partial charge in [0.05, 0.1) is 5.75 Å². The molecule has 0 aliphatic rings. The molecule has 2 heterocycles. The number of hydrogen-bond acceptors (Lipinski definition) is 4. The van der Waals surface area contributed by atoms with Gasteiger partial charge in [0.25, 0.3) is 0 Å². The molecule has 2 aromatic heterocycles. The number of amides is 1. The van der Waals surface area contributed by atoms with E-state index in [1.807, 2.05) is 12.1 Å². The number of thioether (sulfide) groups is 1. The van der Waals surface area contributed by atoms with Crippen LogP contribution in [0.4, 0.5) is 5.95 Å². The zero-order chi connectivity index (χ0) is 11.2. The topological polar surface area (TPSA) is 70.7 Å². The van der Waals surface area contributed by atoms with Gasteiger partial charge in [-0.2, -0.15) is 0 Å². The maximum Gasteiger partial charge on any atom is 0.237 e. The van der Waals surface area contributed by atoms with Crippen LogP contribution in [0, 0.1) is 0 Å². The van der Waals surface area contributed by atoms with Crippen molar-refractivity contribution in [2.45, 2.75) is 4.90 Å². The summed E-state index contributed by atoms with van der Waals surface area (Å²) in [7, 11) is 0. The fourth-order valence-corrected chi connectivity index (χ4v) is 1.77. The van der Waals surface area contributed by atoms with Crippen LogP contribution >= 0.6 is 11.8 Å². The van der Waals surface area contributed by atoms with E-state index in [9.17, 15) is 4.79 Å². The lowest BCUT2D eigenvalue weighted by Gasteiger charge is -2.01. The predicted molar refractivity (Wildman–Crippen MR) is 62.2 cm³/mol. The second-order valence-corrected chi connectivity index (χ2v) is 4.01. The minimum absolute atomic E-state index is 0.0863. The number of anilines is 1. The second kappa shape index (κ2) is 5.32. The Labute approximate surface area is 96.7 Å². The van der Waals surface area contributed by atoms with Crippen molar-refractivity contribution in [2.24, 2.45) is 0 Å². The van der Waals surface area contributed by atoms with E-state index < -0.39 is 0 Å². The van der Waals surface area contributed by atoms with Crippen molar-refractivity contribution in [3.8, 4) is 0 Å². The monoisotopic (exact) mass is 234 g/mol. The average Bonchev–Trinajstić information content (AvgIpc) is 2.81. The first-order chi connectivity index (χ1) is 7.84. The molecule has 0 atom stereocenters. The lowest BCUT2D eigenvalue weighted by Crippen LogP contribution is -2.14. The number of hydrogen-bond donors (Lipinski definition) is 2. The second-order valence-electron chi connectivity index (χ2n) is 2.96. The van der Waals surface area contributed by atoms with Gasteiger partial charge in [0.15, 0.2) is 0 Å². The lowest BCUT2D eigenvalue weighted by atomic mass is 10.5. The Bertz CT molecular complexity index is 443. The highest BCUT2D eigenvalue weighted by atomic mass is 32.2. The molecule has 0 aliphatic heterocycles. The van der Waals surface area contributed by atoms with Crippen molar-refractivity contribution < 1.29 is 4.79 Å². The summed E-state index contributed by atoms with van der Waals surface area (Å²) in [5.41, 5.74) is 0. The molecule has 16 heavy (non-hydrogen) atoms. The summed E-state index contributed by atoms with van der Waals surface area (Å²) in [6, 6.07) is 3.73. The first-order valence-corrected chi connectivity index (χ1v) is 5.65. The molecule has 2 aromatic rings. The molecule has 2 rings (SSSR count). The minimum Gasteiger partial charge on any atom is -0.331 e. The molecule has 0 radical (unpaired) electrons. The van der Waals surface area contributed by atoms with Crippen LogP contribution in [-0.4, -0.2) is 26.6 Å².